The molecule has 114 valence electrons. The molecule has 1 amide bonds. The van der Waals surface area contributed by atoms with Crippen LogP contribution in [-0.4, -0.2) is 32.2 Å². The Morgan fingerprint density at radius 2 is 1.86 bits per heavy atom. The van der Waals surface area contributed by atoms with Crippen molar-refractivity contribution in [2.24, 2.45) is 5.73 Å². The highest BCUT2D eigenvalue weighted by Crippen LogP contribution is 2.26. The fourth-order valence-corrected chi connectivity index (χ4v) is 2.45. The molecular weight excluding hydrogens is 284 g/mol. The summed E-state index contributed by atoms with van der Waals surface area (Å²) in [5, 5.41) is 0. The molecule has 0 unspecified atom stereocenters. The van der Waals surface area contributed by atoms with Crippen LogP contribution >= 0.6 is 0 Å². The lowest BCUT2D eigenvalue weighted by molar-refractivity contribution is 0.100. The summed E-state index contributed by atoms with van der Waals surface area (Å²) in [5.74, 6) is 0.253. The number of hydrogen-bond acceptors (Lipinski definition) is 5. The zero-order valence-electron chi connectivity index (χ0n) is 12.0. The van der Waals surface area contributed by atoms with Crippen molar-refractivity contribution in [3.63, 3.8) is 0 Å². The van der Waals surface area contributed by atoms with E-state index in [-0.39, 0.29) is 5.43 Å². The Kier molecular flexibility index (Phi) is 3.93. The van der Waals surface area contributed by atoms with Crippen molar-refractivity contribution in [1.82, 2.24) is 0 Å². The molecular formula is C16H16N2O4. The van der Waals surface area contributed by atoms with Crippen LogP contribution in [0.15, 0.2) is 45.6 Å². The molecule has 0 spiro atoms. The van der Waals surface area contributed by atoms with Crippen LogP contribution in [0.1, 0.15) is 10.4 Å². The zero-order chi connectivity index (χ0) is 15.5. The largest absolute Gasteiger partial charge is 0.440 e. The van der Waals surface area contributed by atoms with E-state index >= 15 is 0 Å². The van der Waals surface area contributed by atoms with Gasteiger partial charge in [0.05, 0.1) is 18.8 Å². The number of primary amides is 1. The van der Waals surface area contributed by atoms with E-state index in [1.165, 1.54) is 12.1 Å². The SMILES string of the molecule is NC(=O)c1ccccc1-c1cc(=O)cc(N2CCOCC2)o1. The van der Waals surface area contributed by atoms with Gasteiger partial charge in [-0.1, -0.05) is 18.2 Å². The van der Waals surface area contributed by atoms with Gasteiger partial charge in [0.2, 0.25) is 5.91 Å². The lowest BCUT2D eigenvalue weighted by Gasteiger charge is -2.27. The summed E-state index contributed by atoms with van der Waals surface area (Å²) in [5.41, 5.74) is 6.05. The first-order valence-electron chi connectivity index (χ1n) is 7.02. The number of nitrogens with two attached hydrogens (primary N) is 1. The molecule has 0 aliphatic carbocycles. The summed E-state index contributed by atoms with van der Waals surface area (Å²) in [6, 6.07) is 9.62. The maximum absolute atomic E-state index is 12.0. The second kappa shape index (κ2) is 6.03. The van der Waals surface area contributed by atoms with Gasteiger partial charge in [-0.3, -0.25) is 9.59 Å². The number of hydrogen-bond donors (Lipinski definition) is 1. The molecule has 6 heteroatoms. The minimum absolute atomic E-state index is 0.179. The molecule has 0 atom stereocenters. The van der Waals surface area contributed by atoms with Crippen molar-refractivity contribution in [2.75, 3.05) is 31.2 Å². The molecule has 22 heavy (non-hydrogen) atoms. The smallest absolute Gasteiger partial charge is 0.249 e. The van der Waals surface area contributed by atoms with Gasteiger partial charge < -0.3 is 19.8 Å². The first-order valence-corrected chi connectivity index (χ1v) is 7.02. The maximum atomic E-state index is 12.0. The quantitative estimate of drug-likeness (QED) is 0.921. The monoisotopic (exact) mass is 300 g/mol. The van der Waals surface area contributed by atoms with E-state index in [1.54, 1.807) is 24.3 Å². The summed E-state index contributed by atoms with van der Waals surface area (Å²) in [6.45, 7) is 2.49. The van der Waals surface area contributed by atoms with Crippen molar-refractivity contribution in [3.05, 3.63) is 52.2 Å². The molecule has 1 fully saturated rings. The molecule has 3 rings (SSSR count). The van der Waals surface area contributed by atoms with Gasteiger partial charge in [0, 0.05) is 30.8 Å². The second-order valence-corrected chi connectivity index (χ2v) is 5.00. The Hall–Kier alpha value is -2.60. The van der Waals surface area contributed by atoms with E-state index < -0.39 is 5.91 Å². The molecule has 0 saturated carbocycles. The Morgan fingerprint density at radius 3 is 2.59 bits per heavy atom. The number of carbonyl (C=O) groups excluding carboxylic acids is 1. The van der Waals surface area contributed by atoms with E-state index in [4.69, 9.17) is 14.9 Å². The van der Waals surface area contributed by atoms with E-state index in [0.29, 0.717) is 49.1 Å². The van der Waals surface area contributed by atoms with Crippen LogP contribution < -0.4 is 16.1 Å². The van der Waals surface area contributed by atoms with Crippen molar-refractivity contribution in [1.29, 1.82) is 0 Å². The Balaban J connectivity index is 2.06. The molecule has 1 aliphatic heterocycles. The number of amides is 1. The van der Waals surface area contributed by atoms with E-state index in [9.17, 15) is 9.59 Å². The average molecular weight is 300 g/mol. The zero-order valence-corrected chi connectivity index (χ0v) is 12.0. The van der Waals surface area contributed by atoms with Gasteiger partial charge in [0.1, 0.15) is 5.76 Å². The molecule has 0 radical (unpaired) electrons. The Morgan fingerprint density at radius 1 is 1.14 bits per heavy atom. The van der Waals surface area contributed by atoms with Gasteiger partial charge in [-0.05, 0) is 6.07 Å². The van der Waals surface area contributed by atoms with Crippen LogP contribution in [-0.2, 0) is 4.74 Å². The fourth-order valence-electron chi connectivity index (χ4n) is 2.45. The second-order valence-electron chi connectivity index (χ2n) is 5.00. The van der Waals surface area contributed by atoms with Crippen LogP contribution in [0.25, 0.3) is 11.3 Å². The first kappa shape index (κ1) is 14.3. The highest BCUT2D eigenvalue weighted by atomic mass is 16.5. The number of carbonyl (C=O) groups is 1. The average Bonchev–Trinajstić information content (AvgIpc) is 2.55. The van der Waals surface area contributed by atoms with Gasteiger partial charge in [-0.2, -0.15) is 0 Å². The van der Waals surface area contributed by atoms with Crippen LogP contribution in [0.2, 0.25) is 0 Å². The highest BCUT2D eigenvalue weighted by Gasteiger charge is 2.17. The first-order chi connectivity index (χ1) is 10.6. The lowest BCUT2D eigenvalue weighted by Crippen LogP contribution is -2.36. The van der Waals surface area contributed by atoms with Crippen LogP contribution in [0.5, 0.6) is 0 Å². The molecule has 6 nitrogen and oxygen atoms in total. The fraction of sp³-hybridized carbons (Fsp3) is 0.250. The van der Waals surface area contributed by atoms with Gasteiger partial charge in [-0.25, -0.2) is 0 Å². The van der Waals surface area contributed by atoms with Gasteiger partial charge in [-0.15, -0.1) is 0 Å². The number of nitrogens with zero attached hydrogens (tertiary/aromatic N) is 1. The van der Waals surface area contributed by atoms with Gasteiger partial charge in [0.25, 0.3) is 0 Å². The lowest BCUT2D eigenvalue weighted by atomic mass is 10.0. The third kappa shape index (κ3) is 2.87. The predicted octanol–water partition coefficient (Wildman–Crippen LogP) is 1.24. The van der Waals surface area contributed by atoms with Crippen LogP contribution in [0, 0.1) is 0 Å². The number of benzene rings is 1. The molecule has 1 saturated heterocycles. The molecule has 1 aromatic heterocycles. The van der Waals surface area contributed by atoms with Crippen molar-refractivity contribution in [2.45, 2.75) is 0 Å². The summed E-state index contributed by atoms with van der Waals surface area (Å²) >= 11 is 0. The topological polar surface area (TPSA) is 85.8 Å². The van der Waals surface area contributed by atoms with Crippen molar-refractivity contribution < 1.29 is 13.9 Å². The van der Waals surface area contributed by atoms with Crippen molar-refractivity contribution >= 4 is 11.8 Å². The van der Waals surface area contributed by atoms with E-state index in [0.717, 1.165) is 0 Å². The third-order valence-corrected chi connectivity index (χ3v) is 3.53. The molecule has 0 bridgehead atoms. The Bertz CT molecular complexity index is 748. The molecule has 2 aromatic rings. The van der Waals surface area contributed by atoms with E-state index in [1.807, 2.05) is 4.90 Å². The highest BCUT2D eigenvalue weighted by molar-refractivity contribution is 5.99. The van der Waals surface area contributed by atoms with Crippen LogP contribution in [0.4, 0.5) is 5.88 Å². The minimum Gasteiger partial charge on any atom is -0.440 e. The number of morpholine rings is 1. The summed E-state index contributed by atoms with van der Waals surface area (Å²) < 4.78 is 11.1. The number of anilines is 1. The molecule has 1 aliphatic rings. The molecule has 2 heterocycles. The molecule has 1 aromatic carbocycles. The molecule has 2 N–H and O–H groups in total. The Labute approximate surface area is 127 Å². The van der Waals surface area contributed by atoms with Gasteiger partial charge in [0.15, 0.2) is 11.3 Å². The third-order valence-electron chi connectivity index (χ3n) is 3.53. The maximum Gasteiger partial charge on any atom is 0.249 e. The van der Waals surface area contributed by atoms with E-state index in [2.05, 4.69) is 0 Å². The number of ether oxygens (including phenoxy) is 1. The van der Waals surface area contributed by atoms with Crippen LogP contribution in [0.3, 0.4) is 0 Å². The summed E-state index contributed by atoms with van der Waals surface area (Å²) in [7, 11) is 0. The predicted molar refractivity (Wildman–Crippen MR) is 82.0 cm³/mol. The summed E-state index contributed by atoms with van der Waals surface area (Å²) in [4.78, 5) is 25.5. The standard InChI is InChI=1S/C16H16N2O4/c17-16(20)13-4-2-1-3-12(13)14-9-11(19)10-15(22-14)18-5-7-21-8-6-18/h1-4,9-10H,5-8H2,(H2,17,20). The van der Waals surface area contributed by atoms with Crippen molar-refractivity contribution in [3.8, 4) is 11.3 Å². The number of rotatable bonds is 3. The van der Waals surface area contributed by atoms with Gasteiger partial charge >= 0.3 is 0 Å². The normalized spacial score (nSPS) is 14.8. The minimum atomic E-state index is -0.560. The summed E-state index contributed by atoms with van der Waals surface area (Å²) in [6.07, 6.45) is 0.